The van der Waals surface area contributed by atoms with Gasteiger partial charge in [-0.25, -0.2) is 0 Å². The largest absolute Gasteiger partial charge is 0.481 e. The van der Waals surface area contributed by atoms with Crippen LogP contribution >= 0.6 is 0 Å². The molecular formula is C13H19NO4. The molecule has 0 saturated heterocycles. The predicted molar refractivity (Wildman–Crippen MR) is 67.1 cm³/mol. The topological polar surface area (TPSA) is 81.8 Å². The summed E-state index contributed by atoms with van der Waals surface area (Å²) in [5, 5.41) is 8.41. The highest BCUT2D eigenvalue weighted by molar-refractivity contribution is 5.66. The summed E-state index contributed by atoms with van der Waals surface area (Å²) in [7, 11) is 0. The zero-order valence-electron chi connectivity index (χ0n) is 10.2. The number of carbonyl (C=O) groups is 1. The summed E-state index contributed by atoms with van der Waals surface area (Å²) in [6, 6.07) is 9.58. The Bertz CT molecular complexity index is 342. The lowest BCUT2D eigenvalue weighted by Gasteiger charge is -2.12. The Balaban J connectivity index is 2.03. The molecule has 0 aliphatic carbocycles. The van der Waals surface area contributed by atoms with Crippen LogP contribution in [0, 0.1) is 0 Å². The van der Waals surface area contributed by atoms with Crippen molar-refractivity contribution >= 4 is 5.97 Å². The van der Waals surface area contributed by atoms with E-state index in [-0.39, 0.29) is 19.1 Å². The number of hydrogen-bond acceptors (Lipinski definition) is 4. The smallest absolute Gasteiger partial charge is 0.305 e. The lowest BCUT2D eigenvalue weighted by molar-refractivity contribution is -0.138. The van der Waals surface area contributed by atoms with Crippen LogP contribution in [0.4, 0.5) is 0 Å². The molecule has 0 amide bonds. The number of carboxylic acids is 1. The van der Waals surface area contributed by atoms with Crippen molar-refractivity contribution < 1.29 is 19.4 Å². The van der Waals surface area contributed by atoms with Gasteiger partial charge in [0, 0.05) is 0 Å². The van der Waals surface area contributed by atoms with E-state index in [4.69, 9.17) is 20.3 Å². The summed E-state index contributed by atoms with van der Waals surface area (Å²) in [6.45, 7) is 1.40. The molecule has 5 nitrogen and oxygen atoms in total. The summed E-state index contributed by atoms with van der Waals surface area (Å²) in [5.74, 6) is -0.871. The minimum absolute atomic E-state index is 0.00239. The van der Waals surface area contributed by atoms with Crippen LogP contribution in [0.3, 0.4) is 0 Å². The first-order chi connectivity index (χ1) is 8.68. The van der Waals surface area contributed by atoms with E-state index in [2.05, 4.69) is 0 Å². The Morgan fingerprint density at radius 3 is 2.56 bits per heavy atom. The van der Waals surface area contributed by atoms with Crippen LogP contribution < -0.4 is 5.73 Å². The maximum atomic E-state index is 10.2. The highest BCUT2D eigenvalue weighted by Crippen LogP contribution is 2.00. The summed E-state index contributed by atoms with van der Waals surface area (Å²) in [5.41, 5.74) is 6.85. The van der Waals surface area contributed by atoms with Crippen molar-refractivity contribution in [1.29, 1.82) is 0 Å². The van der Waals surface area contributed by atoms with Crippen molar-refractivity contribution in [3.8, 4) is 0 Å². The van der Waals surface area contributed by atoms with Gasteiger partial charge in [-0.05, 0) is 5.56 Å². The third kappa shape index (κ3) is 7.01. The van der Waals surface area contributed by atoms with Crippen molar-refractivity contribution in [2.45, 2.75) is 19.1 Å². The molecule has 0 aromatic heterocycles. The van der Waals surface area contributed by atoms with Gasteiger partial charge >= 0.3 is 5.97 Å². The van der Waals surface area contributed by atoms with Gasteiger partial charge in [-0.3, -0.25) is 4.79 Å². The van der Waals surface area contributed by atoms with E-state index in [1.807, 2.05) is 30.3 Å². The molecule has 18 heavy (non-hydrogen) atoms. The van der Waals surface area contributed by atoms with Crippen molar-refractivity contribution in [2.75, 3.05) is 19.8 Å². The van der Waals surface area contributed by atoms with Crippen LogP contribution in [0.25, 0.3) is 0 Å². The summed E-state index contributed by atoms with van der Waals surface area (Å²) >= 11 is 0. The maximum Gasteiger partial charge on any atom is 0.305 e. The molecule has 5 heteroatoms. The third-order valence-corrected chi connectivity index (χ3v) is 2.24. The second-order valence-corrected chi connectivity index (χ2v) is 3.98. The van der Waals surface area contributed by atoms with E-state index in [9.17, 15) is 4.79 Å². The Kier molecular flexibility index (Phi) is 7.01. The third-order valence-electron chi connectivity index (χ3n) is 2.24. The first-order valence-electron chi connectivity index (χ1n) is 5.85. The number of nitrogens with two attached hydrogens (primary N) is 1. The van der Waals surface area contributed by atoms with Gasteiger partial charge < -0.3 is 20.3 Å². The molecule has 0 aliphatic rings. The van der Waals surface area contributed by atoms with Crippen LogP contribution in [0.15, 0.2) is 30.3 Å². The molecule has 100 valence electrons. The van der Waals surface area contributed by atoms with Crippen molar-refractivity contribution in [3.63, 3.8) is 0 Å². The molecule has 0 radical (unpaired) electrons. The molecule has 3 N–H and O–H groups in total. The number of hydrogen-bond donors (Lipinski definition) is 2. The zero-order chi connectivity index (χ0) is 13.2. The van der Waals surface area contributed by atoms with Crippen molar-refractivity contribution in [2.24, 2.45) is 5.73 Å². The first-order valence-corrected chi connectivity index (χ1v) is 5.85. The van der Waals surface area contributed by atoms with Gasteiger partial charge in [-0.2, -0.15) is 0 Å². The number of aliphatic carboxylic acids is 1. The number of rotatable bonds is 9. The molecule has 0 fully saturated rings. The Hall–Kier alpha value is -1.43. The molecule has 1 atom stereocenters. The van der Waals surface area contributed by atoms with Crippen LogP contribution in [0.2, 0.25) is 0 Å². The van der Waals surface area contributed by atoms with Crippen molar-refractivity contribution in [3.05, 3.63) is 35.9 Å². The minimum Gasteiger partial charge on any atom is -0.481 e. The lowest BCUT2D eigenvalue weighted by Crippen LogP contribution is -2.31. The summed E-state index contributed by atoms with van der Waals surface area (Å²) in [6.07, 6.45) is -0.00239. The van der Waals surface area contributed by atoms with Gasteiger partial charge in [0.15, 0.2) is 0 Å². The van der Waals surface area contributed by atoms with Gasteiger partial charge in [-0.15, -0.1) is 0 Å². The molecule has 0 saturated carbocycles. The summed E-state index contributed by atoms with van der Waals surface area (Å²) < 4.78 is 10.6. The molecule has 1 rings (SSSR count). The molecule has 0 spiro atoms. The second kappa shape index (κ2) is 8.63. The maximum absolute atomic E-state index is 10.2. The molecule has 0 unspecified atom stereocenters. The molecule has 1 aromatic rings. The van der Waals surface area contributed by atoms with Gasteiger partial charge in [0.25, 0.3) is 0 Å². The fourth-order valence-electron chi connectivity index (χ4n) is 1.34. The highest BCUT2D eigenvalue weighted by atomic mass is 16.5. The van der Waals surface area contributed by atoms with Crippen LogP contribution in [-0.2, 0) is 20.9 Å². The molecule has 1 aromatic carbocycles. The summed E-state index contributed by atoms with van der Waals surface area (Å²) in [4.78, 5) is 10.2. The standard InChI is InChI=1S/C13H19NO4/c14-12(9-17-7-6-13(15)16)10-18-8-11-4-2-1-3-5-11/h1-5,12H,6-10,14H2,(H,15,16)/t12-/m1/s1. The fourth-order valence-corrected chi connectivity index (χ4v) is 1.34. The second-order valence-electron chi connectivity index (χ2n) is 3.98. The Morgan fingerprint density at radius 1 is 1.22 bits per heavy atom. The van der Waals surface area contributed by atoms with Gasteiger partial charge in [-0.1, -0.05) is 30.3 Å². The van der Waals surface area contributed by atoms with Crippen LogP contribution in [0.5, 0.6) is 0 Å². The monoisotopic (exact) mass is 253 g/mol. The first kappa shape index (κ1) is 14.6. The highest BCUT2D eigenvalue weighted by Gasteiger charge is 2.04. The van der Waals surface area contributed by atoms with E-state index < -0.39 is 5.97 Å². The molecular weight excluding hydrogens is 234 g/mol. The van der Waals surface area contributed by atoms with E-state index in [1.165, 1.54) is 0 Å². The van der Waals surface area contributed by atoms with Gasteiger partial charge in [0.1, 0.15) is 0 Å². The average Bonchev–Trinajstić information content (AvgIpc) is 2.36. The predicted octanol–water partition coefficient (Wildman–Crippen LogP) is 1.02. The number of benzene rings is 1. The zero-order valence-corrected chi connectivity index (χ0v) is 10.2. The molecule has 0 bridgehead atoms. The number of carboxylic acid groups (broad SMARTS) is 1. The van der Waals surface area contributed by atoms with Gasteiger partial charge in [0.05, 0.1) is 38.9 Å². The Labute approximate surface area is 107 Å². The van der Waals surface area contributed by atoms with Crippen LogP contribution in [-0.4, -0.2) is 36.9 Å². The molecule has 0 aliphatic heterocycles. The Morgan fingerprint density at radius 2 is 1.89 bits per heavy atom. The van der Waals surface area contributed by atoms with Gasteiger partial charge in [0.2, 0.25) is 0 Å². The average molecular weight is 253 g/mol. The normalized spacial score (nSPS) is 12.3. The van der Waals surface area contributed by atoms with Crippen molar-refractivity contribution in [1.82, 2.24) is 0 Å². The lowest BCUT2D eigenvalue weighted by atomic mass is 10.2. The van der Waals surface area contributed by atoms with E-state index >= 15 is 0 Å². The quantitative estimate of drug-likeness (QED) is 0.642. The SMILES string of the molecule is N[C@H](COCCC(=O)O)COCc1ccccc1. The van der Waals surface area contributed by atoms with E-state index in [0.29, 0.717) is 19.8 Å². The fraction of sp³-hybridized carbons (Fsp3) is 0.462. The molecule has 0 heterocycles. The number of ether oxygens (including phenoxy) is 2. The van der Waals surface area contributed by atoms with Crippen LogP contribution in [0.1, 0.15) is 12.0 Å². The minimum atomic E-state index is -0.871. The van der Waals surface area contributed by atoms with E-state index in [1.54, 1.807) is 0 Å². The van der Waals surface area contributed by atoms with E-state index in [0.717, 1.165) is 5.56 Å².